The fourth-order valence-electron chi connectivity index (χ4n) is 1.29. The van der Waals surface area contributed by atoms with Gasteiger partial charge in [0.25, 0.3) is 5.69 Å². The molecule has 7 nitrogen and oxygen atoms in total. The molecule has 1 aromatic carbocycles. The fourth-order valence-corrected chi connectivity index (χ4v) is 1.29. The molecule has 0 radical (unpaired) electrons. The van der Waals surface area contributed by atoms with E-state index in [0.29, 0.717) is 18.5 Å². The molecule has 1 aromatic rings. The Bertz CT molecular complexity index is 567. The minimum atomic E-state index is -0.546. The van der Waals surface area contributed by atoms with E-state index < -0.39 is 4.92 Å². The van der Waals surface area contributed by atoms with Gasteiger partial charge in [0.05, 0.1) is 10.5 Å². The molecule has 0 aromatic heterocycles. The molecule has 7 heteroatoms. The summed E-state index contributed by atoms with van der Waals surface area (Å²) in [6.45, 7) is 0.335. The number of hydrogen-bond donors (Lipinski definition) is 0. The molecule has 0 bridgehead atoms. The second-order valence-corrected chi connectivity index (χ2v) is 3.29. The fraction of sp³-hybridized carbons (Fsp3) is 0.182. The number of non-ortho nitro benzene ring substituents is 1. The second-order valence-electron chi connectivity index (χ2n) is 3.29. The van der Waals surface area contributed by atoms with Gasteiger partial charge in [0.2, 0.25) is 0 Å². The monoisotopic (exact) mass is 243 g/mol. The molecule has 0 spiro atoms. The van der Waals surface area contributed by atoms with Gasteiger partial charge in [0.15, 0.2) is 0 Å². The Balaban J connectivity index is 2.86. The summed E-state index contributed by atoms with van der Waals surface area (Å²) in [6.07, 6.45) is 3.97. The molecule has 0 heterocycles. The Kier molecular flexibility index (Phi) is 4.91. The third-order valence-electron chi connectivity index (χ3n) is 2.12. The highest BCUT2D eigenvalue weighted by atomic mass is 16.6. The van der Waals surface area contributed by atoms with Crippen molar-refractivity contribution >= 4 is 11.8 Å². The molecule has 0 atom stereocenters. The van der Waals surface area contributed by atoms with Crippen molar-refractivity contribution in [1.29, 1.82) is 5.26 Å². The van der Waals surface area contributed by atoms with E-state index in [-0.39, 0.29) is 11.3 Å². The molecule has 0 N–H and O–H groups in total. The summed E-state index contributed by atoms with van der Waals surface area (Å²) in [4.78, 5) is 12.6. The number of nitro benzene ring substituents is 1. The van der Waals surface area contributed by atoms with Crippen LogP contribution in [0.15, 0.2) is 29.4 Å². The summed E-state index contributed by atoms with van der Waals surface area (Å²) >= 11 is 0. The molecule has 90 valence electrons. The standard InChI is InChI=1S/C11H9N5O2/c12-8-10-7-11(16(17)18)5-4-9(10)3-1-2-6-14-15-13/h1,3-5,7H,2,6H2. The number of nitrogens with zero attached hydrogens (tertiary/aromatic N) is 5. The highest BCUT2D eigenvalue weighted by molar-refractivity contribution is 5.60. The Hall–Kier alpha value is -2.84. The third kappa shape index (κ3) is 3.63. The molecular formula is C11H9N5O2. The van der Waals surface area contributed by atoms with Crippen molar-refractivity contribution in [3.05, 3.63) is 56.0 Å². The molecule has 1 rings (SSSR count). The average molecular weight is 243 g/mol. The van der Waals surface area contributed by atoms with Crippen LogP contribution in [0.25, 0.3) is 16.5 Å². The summed E-state index contributed by atoms with van der Waals surface area (Å²) < 4.78 is 0. The maximum absolute atomic E-state index is 10.5. The lowest BCUT2D eigenvalue weighted by molar-refractivity contribution is -0.384. The largest absolute Gasteiger partial charge is 0.270 e. The van der Waals surface area contributed by atoms with Gasteiger partial charge in [0.1, 0.15) is 6.07 Å². The van der Waals surface area contributed by atoms with Crippen molar-refractivity contribution in [2.75, 3.05) is 6.54 Å². The number of rotatable bonds is 5. The molecule has 0 saturated heterocycles. The van der Waals surface area contributed by atoms with Gasteiger partial charge in [-0.25, -0.2) is 0 Å². The lowest BCUT2D eigenvalue weighted by atomic mass is 10.1. The van der Waals surface area contributed by atoms with Crippen LogP contribution in [0.2, 0.25) is 0 Å². The predicted molar refractivity (Wildman–Crippen MR) is 65.5 cm³/mol. The first-order valence-corrected chi connectivity index (χ1v) is 5.05. The zero-order valence-corrected chi connectivity index (χ0v) is 9.35. The van der Waals surface area contributed by atoms with E-state index in [4.69, 9.17) is 10.8 Å². The van der Waals surface area contributed by atoms with E-state index in [0.717, 1.165) is 0 Å². The Morgan fingerprint density at radius 1 is 1.61 bits per heavy atom. The van der Waals surface area contributed by atoms with Crippen molar-refractivity contribution in [1.82, 2.24) is 0 Å². The van der Waals surface area contributed by atoms with E-state index in [9.17, 15) is 10.1 Å². The van der Waals surface area contributed by atoms with E-state index in [1.54, 1.807) is 12.2 Å². The molecule has 0 saturated carbocycles. The zero-order chi connectivity index (χ0) is 13.4. The van der Waals surface area contributed by atoms with E-state index >= 15 is 0 Å². The number of nitro groups is 1. The van der Waals surface area contributed by atoms with Crippen LogP contribution in [0.5, 0.6) is 0 Å². The third-order valence-corrected chi connectivity index (χ3v) is 2.12. The quantitative estimate of drug-likeness (QED) is 0.197. The highest BCUT2D eigenvalue weighted by Crippen LogP contribution is 2.18. The Labute approximate surface area is 103 Å². The number of hydrogen-bond acceptors (Lipinski definition) is 4. The van der Waals surface area contributed by atoms with E-state index in [1.165, 1.54) is 18.2 Å². The predicted octanol–water partition coefficient (Wildman–Crippen LogP) is 3.18. The van der Waals surface area contributed by atoms with Crippen LogP contribution in [0.4, 0.5) is 5.69 Å². The zero-order valence-electron chi connectivity index (χ0n) is 9.35. The lowest BCUT2D eigenvalue weighted by Crippen LogP contribution is -1.90. The Morgan fingerprint density at radius 2 is 2.39 bits per heavy atom. The van der Waals surface area contributed by atoms with Crippen LogP contribution in [-0.4, -0.2) is 11.5 Å². The second kappa shape index (κ2) is 6.68. The van der Waals surface area contributed by atoms with Gasteiger partial charge in [-0.15, -0.1) is 0 Å². The first-order chi connectivity index (χ1) is 8.69. The first-order valence-electron chi connectivity index (χ1n) is 5.05. The maximum atomic E-state index is 10.5. The highest BCUT2D eigenvalue weighted by Gasteiger charge is 2.08. The molecule has 18 heavy (non-hydrogen) atoms. The summed E-state index contributed by atoms with van der Waals surface area (Å²) in [5.41, 5.74) is 8.80. The van der Waals surface area contributed by atoms with Gasteiger partial charge in [-0.1, -0.05) is 17.3 Å². The summed E-state index contributed by atoms with van der Waals surface area (Å²) in [5, 5.41) is 22.8. The van der Waals surface area contributed by atoms with Gasteiger partial charge >= 0.3 is 0 Å². The minimum absolute atomic E-state index is 0.113. The number of azide groups is 1. The lowest BCUT2D eigenvalue weighted by Gasteiger charge is -1.97. The number of nitriles is 1. The SMILES string of the molecule is N#Cc1cc([N+](=O)[O-])ccc1C=CCCN=[N+]=[N-]. The smallest absolute Gasteiger partial charge is 0.258 e. The van der Waals surface area contributed by atoms with Gasteiger partial charge in [0, 0.05) is 23.6 Å². The van der Waals surface area contributed by atoms with Crippen molar-refractivity contribution in [3.8, 4) is 6.07 Å². The summed E-state index contributed by atoms with van der Waals surface area (Å²) in [7, 11) is 0. The summed E-state index contributed by atoms with van der Waals surface area (Å²) in [6, 6.07) is 5.99. The minimum Gasteiger partial charge on any atom is -0.258 e. The van der Waals surface area contributed by atoms with Crippen LogP contribution in [-0.2, 0) is 0 Å². The first kappa shape index (κ1) is 13.2. The van der Waals surface area contributed by atoms with Crippen LogP contribution in [0.3, 0.4) is 0 Å². The van der Waals surface area contributed by atoms with Crippen molar-refractivity contribution < 1.29 is 4.92 Å². The van der Waals surface area contributed by atoms with Gasteiger partial charge in [-0.3, -0.25) is 10.1 Å². The normalized spacial score (nSPS) is 9.72. The average Bonchev–Trinajstić information content (AvgIpc) is 2.38. The molecule has 0 aliphatic rings. The molecule has 0 fully saturated rings. The Morgan fingerprint density at radius 3 is 3.00 bits per heavy atom. The van der Waals surface area contributed by atoms with Crippen molar-refractivity contribution in [2.45, 2.75) is 6.42 Å². The van der Waals surface area contributed by atoms with Gasteiger partial charge in [-0.05, 0) is 23.6 Å². The van der Waals surface area contributed by atoms with Gasteiger partial charge < -0.3 is 0 Å². The van der Waals surface area contributed by atoms with E-state index in [1.807, 2.05) is 6.07 Å². The van der Waals surface area contributed by atoms with Crippen LogP contribution in [0, 0.1) is 21.4 Å². The molecular weight excluding hydrogens is 234 g/mol. The number of benzene rings is 1. The molecule has 0 amide bonds. The maximum Gasteiger partial charge on any atom is 0.270 e. The van der Waals surface area contributed by atoms with Crippen LogP contribution < -0.4 is 0 Å². The topological polar surface area (TPSA) is 116 Å². The van der Waals surface area contributed by atoms with Crippen molar-refractivity contribution in [2.24, 2.45) is 5.11 Å². The summed E-state index contributed by atoms with van der Waals surface area (Å²) in [5.74, 6) is 0. The van der Waals surface area contributed by atoms with Gasteiger partial charge in [-0.2, -0.15) is 5.26 Å². The van der Waals surface area contributed by atoms with Crippen LogP contribution >= 0.6 is 0 Å². The molecule has 0 aliphatic heterocycles. The molecule has 0 unspecified atom stereocenters. The molecule has 0 aliphatic carbocycles. The van der Waals surface area contributed by atoms with Crippen LogP contribution in [0.1, 0.15) is 17.5 Å². The van der Waals surface area contributed by atoms with E-state index in [2.05, 4.69) is 10.0 Å². The van der Waals surface area contributed by atoms with Crippen molar-refractivity contribution in [3.63, 3.8) is 0 Å².